The zero-order valence-electron chi connectivity index (χ0n) is 7.41. The molecule has 0 fully saturated rings. The van der Waals surface area contributed by atoms with Crippen LogP contribution in [0.2, 0.25) is 0 Å². The van der Waals surface area contributed by atoms with Crippen LogP contribution in [0.3, 0.4) is 0 Å². The van der Waals surface area contributed by atoms with Crippen molar-refractivity contribution in [1.29, 1.82) is 0 Å². The Morgan fingerprint density at radius 3 is 2.85 bits per heavy atom. The molecule has 0 unspecified atom stereocenters. The van der Waals surface area contributed by atoms with E-state index in [9.17, 15) is 4.79 Å². The van der Waals surface area contributed by atoms with Crippen LogP contribution in [0.25, 0.3) is 0 Å². The van der Waals surface area contributed by atoms with Crippen molar-refractivity contribution in [3.63, 3.8) is 0 Å². The number of carbonyl (C=O) groups excluding carboxylic acids is 1. The monoisotopic (exact) mass is 243 g/mol. The Bertz CT molecular complexity index is 339. The average Bonchev–Trinajstić information content (AvgIpc) is 2.33. The van der Waals surface area contributed by atoms with Crippen molar-refractivity contribution in [1.82, 2.24) is 9.89 Å². The number of nitrogens with one attached hydrogen (secondary N) is 1. The van der Waals surface area contributed by atoms with Gasteiger partial charge in [-0.2, -0.15) is 9.89 Å². The molecule has 5 heteroatoms. The number of aromatic nitrogens is 2. The SMILES string of the molecule is CC(C)=CC(=O)Nn1cc(Br)cn1. The number of rotatable bonds is 2. The van der Waals surface area contributed by atoms with Crippen LogP contribution in [0, 0.1) is 0 Å². The van der Waals surface area contributed by atoms with Crippen LogP contribution in [0.1, 0.15) is 13.8 Å². The van der Waals surface area contributed by atoms with Gasteiger partial charge in [-0.15, -0.1) is 0 Å². The van der Waals surface area contributed by atoms with Crippen LogP contribution >= 0.6 is 15.9 Å². The molecular formula is C8H10BrN3O. The fourth-order valence-electron chi connectivity index (χ4n) is 0.769. The Hall–Kier alpha value is -1.10. The summed E-state index contributed by atoms with van der Waals surface area (Å²) in [6.07, 6.45) is 4.77. The average molecular weight is 244 g/mol. The molecule has 0 aliphatic carbocycles. The molecule has 0 bridgehead atoms. The van der Waals surface area contributed by atoms with Gasteiger partial charge in [-0.3, -0.25) is 4.79 Å². The van der Waals surface area contributed by atoms with Gasteiger partial charge in [0.15, 0.2) is 0 Å². The molecule has 13 heavy (non-hydrogen) atoms. The molecule has 1 aromatic heterocycles. The molecule has 0 aromatic carbocycles. The molecule has 1 aromatic rings. The van der Waals surface area contributed by atoms with Crippen LogP contribution in [-0.2, 0) is 4.79 Å². The van der Waals surface area contributed by atoms with E-state index in [2.05, 4.69) is 26.5 Å². The first-order chi connectivity index (χ1) is 6.08. The maximum atomic E-state index is 11.2. The van der Waals surface area contributed by atoms with E-state index in [4.69, 9.17) is 0 Å². The molecule has 0 atom stereocenters. The molecule has 4 nitrogen and oxygen atoms in total. The fraction of sp³-hybridized carbons (Fsp3) is 0.250. The van der Waals surface area contributed by atoms with Crippen LogP contribution < -0.4 is 5.43 Å². The van der Waals surface area contributed by atoms with Crippen molar-refractivity contribution in [2.75, 3.05) is 5.43 Å². The van der Waals surface area contributed by atoms with Crippen molar-refractivity contribution < 1.29 is 4.79 Å². The van der Waals surface area contributed by atoms with Gasteiger partial charge in [0.2, 0.25) is 0 Å². The number of carbonyl (C=O) groups is 1. The van der Waals surface area contributed by atoms with Crippen molar-refractivity contribution in [2.45, 2.75) is 13.8 Å². The number of allylic oxidation sites excluding steroid dienone is 1. The molecule has 0 saturated heterocycles. The molecule has 0 spiro atoms. The third kappa shape index (κ3) is 3.42. The summed E-state index contributed by atoms with van der Waals surface area (Å²) in [5, 5.41) is 3.87. The van der Waals surface area contributed by atoms with E-state index in [1.54, 1.807) is 12.4 Å². The number of halogens is 1. The van der Waals surface area contributed by atoms with Gasteiger partial charge >= 0.3 is 0 Å². The van der Waals surface area contributed by atoms with E-state index in [1.807, 2.05) is 13.8 Å². The highest BCUT2D eigenvalue weighted by atomic mass is 79.9. The number of hydrogen-bond donors (Lipinski definition) is 1. The van der Waals surface area contributed by atoms with Gasteiger partial charge in [0.1, 0.15) is 0 Å². The molecule has 0 aliphatic rings. The minimum Gasteiger partial charge on any atom is -0.268 e. The Balaban J connectivity index is 2.60. The summed E-state index contributed by atoms with van der Waals surface area (Å²) in [7, 11) is 0. The molecular weight excluding hydrogens is 234 g/mol. The second kappa shape index (κ2) is 4.23. The van der Waals surface area contributed by atoms with Crippen LogP contribution in [0.15, 0.2) is 28.5 Å². The van der Waals surface area contributed by atoms with Gasteiger partial charge in [0.05, 0.1) is 16.9 Å². The summed E-state index contributed by atoms with van der Waals surface area (Å²) in [5.74, 6) is -0.185. The molecule has 1 rings (SSSR count). The second-order valence-electron chi connectivity index (χ2n) is 2.80. The van der Waals surface area contributed by atoms with E-state index in [0.717, 1.165) is 10.0 Å². The third-order valence-electron chi connectivity index (χ3n) is 1.20. The molecule has 0 radical (unpaired) electrons. The third-order valence-corrected chi connectivity index (χ3v) is 1.61. The molecule has 1 amide bonds. The first-order valence-electron chi connectivity index (χ1n) is 3.74. The summed E-state index contributed by atoms with van der Waals surface area (Å²) in [6.45, 7) is 3.72. The molecule has 0 saturated carbocycles. The summed E-state index contributed by atoms with van der Waals surface area (Å²) >= 11 is 3.22. The molecule has 70 valence electrons. The molecule has 1 heterocycles. The van der Waals surface area contributed by atoms with Crippen molar-refractivity contribution in [3.8, 4) is 0 Å². The topological polar surface area (TPSA) is 46.9 Å². The highest BCUT2D eigenvalue weighted by Crippen LogP contribution is 2.04. The van der Waals surface area contributed by atoms with Gasteiger partial charge in [0, 0.05) is 6.08 Å². The Morgan fingerprint density at radius 1 is 1.69 bits per heavy atom. The Morgan fingerprint density at radius 2 is 2.38 bits per heavy atom. The van der Waals surface area contributed by atoms with E-state index >= 15 is 0 Å². The quantitative estimate of drug-likeness (QED) is 0.804. The second-order valence-corrected chi connectivity index (χ2v) is 3.72. The van der Waals surface area contributed by atoms with E-state index in [1.165, 1.54) is 10.9 Å². The number of amides is 1. The standard InChI is InChI=1S/C8H10BrN3O/c1-6(2)3-8(13)11-12-5-7(9)4-10-12/h3-5H,1-2H3,(H,11,13). The number of hydrogen-bond acceptors (Lipinski definition) is 2. The van der Waals surface area contributed by atoms with E-state index in [-0.39, 0.29) is 5.91 Å². The minimum atomic E-state index is -0.185. The lowest BCUT2D eigenvalue weighted by atomic mass is 10.3. The maximum Gasteiger partial charge on any atom is 0.264 e. The fourth-order valence-corrected chi connectivity index (χ4v) is 1.05. The van der Waals surface area contributed by atoms with Crippen LogP contribution in [-0.4, -0.2) is 15.8 Å². The zero-order chi connectivity index (χ0) is 9.84. The predicted molar refractivity (Wildman–Crippen MR) is 53.7 cm³/mol. The minimum absolute atomic E-state index is 0.185. The van der Waals surface area contributed by atoms with E-state index < -0.39 is 0 Å². The lowest BCUT2D eigenvalue weighted by Crippen LogP contribution is -2.21. The van der Waals surface area contributed by atoms with Crippen LogP contribution in [0.5, 0.6) is 0 Å². The highest BCUT2D eigenvalue weighted by molar-refractivity contribution is 9.10. The maximum absolute atomic E-state index is 11.2. The van der Waals surface area contributed by atoms with Gasteiger partial charge in [0.25, 0.3) is 5.91 Å². The Labute approximate surface area is 84.7 Å². The predicted octanol–water partition coefficient (Wildman–Crippen LogP) is 1.68. The Kier molecular flexibility index (Phi) is 3.25. The zero-order valence-corrected chi connectivity index (χ0v) is 9.00. The molecule has 0 aliphatic heterocycles. The molecule has 1 N–H and O–H groups in total. The summed E-state index contributed by atoms with van der Waals surface area (Å²) in [6, 6.07) is 0. The van der Waals surface area contributed by atoms with Gasteiger partial charge in [-0.25, -0.2) is 5.43 Å². The largest absolute Gasteiger partial charge is 0.268 e. The van der Waals surface area contributed by atoms with Crippen molar-refractivity contribution in [2.24, 2.45) is 0 Å². The summed E-state index contributed by atoms with van der Waals surface area (Å²) in [5.41, 5.74) is 3.50. The summed E-state index contributed by atoms with van der Waals surface area (Å²) in [4.78, 5) is 12.5. The van der Waals surface area contributed by atoms with Crippen molar-refractivity contribution in [3.05, 3.63) is 28.5 Å². The van der Waals surface area contributed by atoms with E-state index in [0.29, 0.717) is 0 Å². The van der Waals surface area contributed by atoms with Crippen molar-refractivity contribution >= 4 is 21.8 Å². The summed E-state index contributed by atoms with van der Waals surface area (Å²) < 4.78 is 0.824. The number of nitrogens with zero attached hydrogens (tertiary/aromatic N) is 2. The van der Waals surface area contributed by atoms with Gasteiger partial charge < -0.3 is 0 Å². The highest BCUT2D eigenvalue weighted by Gasteiger charge is 1.98. The lowest BCUT2D eigenvalue weighted by molar-refractivity contribution is -0.112. The van der Waals surface area contributed by atoms with Crippen LogP contribution in [0.4, 0.5) is 0 Å². The first kappa shape index (κ1) is 9.98. The first-order valence-corrected chi connectivity index (χ1v) is 4.53. The lowest BCUT2D eigenvalue weighted by Gasteiger charge is -2.00. The van der Waals surface area contributed by atoms with Gasteiger partial charge in [-0.1, -0.05) is 5.57 Å². The van der Waals surface area contributed by atoms with Gasteiger partial charge in [-0.05, 0) is 29.8 Å². The smallest absolute Gasteiger partial charge is 0.264 e. The normalized spacial score (nSPS) is 9.46.